The van der Waals surface area contributed by atoms with Gasteiger partial charge in [-0.1, -0.05) is 191 Å². The highest BCUT2D eigenvalue weighted by molar-refractivity contribution is 5.71. The Hall–Kier alpha value is -2.63. The lowest BCUT2D eigenvalue weighted by molar-refractivity contribution is -0.167. The molecule has 0 fully saturated rings. The number of hydrogen-bond acceptors (Lipinski definition) is 6. The molecule has 354 valence electrons. The van der Waals surface area contributed by atoms with E-state index in [1.807, 2.05) is 0 Å². The average molecular weight is 855 g/mol. The second-order valence-electron chi connectivity index (χ2n) is 17.4. The van der Waals surface area contributed by atoms with Crippen molar-refractivity contribution in [2.24, 2.45) is 0 Å². The zero-order chi connectivity index (χ0) is 44.4. The number of allylic oxidation sites excluding steroid dienone is 8. The number of rotatable bonds is 47. The van der Waals surface area contributed by atoms with E-state index in [4.69, 9.17) is 14.2 Å². The summed E-state index contributed by atoms with van der Waals surface area (Å²) in [6.07, 6.45) is 59.4. The molecule has 1 atom stereocenters. The van der Waals surface area contributed by atoms with Crippen molar-refractivity contribution >= 4 is 17.9 Å². The fourth-order valence-corrected chi connectivity index (χ4v) is 7.28. The van der Waals surface area contributed by atoms with E-state index in [1.165, 1.54) is 128 Å². The van der Waals surface area contributed by atoms with Crippen LogP contribution in [0.1, 0.15) is 265 Å². The zero-order valence-electron chi connectivity index (χ0n) is 40.4. The van der Waals surface area contributed by atoms with Gasteiger partial charge in [-0.2, -0.15) is 0 Å². The Bertz CT molecular complexity index is 1070. The predicted molar refractivity (Wildman–Crippen MR) is 261 cm³/mol. The molecule has 0 aromatic heterocycles. The first-order valence-electron chi connectivity index (χ1n) is 26.1. The molecule has 6 nitrogen and oxygen atoms in total. The fourth-order valence-electron chi connectivity index (χ4n) is 7.28. The van der Waals surface area contributed by atoms with E-state index in [2.05, 4.69) is 69.4 Å². The van der Waals surface area contributed by atoms with Crippen LogP contribution in [-0.2, 0) is 28.6 Å². The van der Waals surface area contributed by atoms with E-state index in [0.29, 0.717) is 19.3 Å². The molecule has 0 saturated heterocycles. The van der Waals surface area contributed by atoms with Gasteiger partial charge in [-0.25, -0.2) is 0 Å². The van der Waals surface area contributed by atoms with Crippen LogP contribution in [0.5, 0.6) is 0 Å². The van der Waals surface area contributed by atoms with Crippen LogP contribution in [0.25, 0.3) is 0 Å². The van der Waals surface area contributed by atoms with Crippen LogP contribution in [0, 0.1) is 0 Å². The van der Waals surface area contributed by atoms with Crippen LogP contribution < -0.4 is 0 Å². The van der Waals surface area contributed by atoms with Gasteiger partial charge in [0.25, 0.3) is 0 Å². The Morgan fingerprint density at radius 3 is 0.967 bits per heavy atom. The second kappa shape index (κ2) is 50.0. The van der Waals surface area contributed by atoms with Crippen LogP contribution in [0.4, 0.5) is 0 Å². The molecule has 0 aliphatic carbocycles. The molecule has 0 amide bonds. The summed E-state index contributed by atoms with van der Waals surface area (Å²) in [5.74, 6) is -0.909. The summed E-state index contributed by atoms with van der Waals surface area (Å²) in [6.45, 7) is 6.58. The molecule has 1 unspecified atom stereocenters. The maximum Gasteiger partial charge on any atom is 0.306 e. The van der Waals surface area contributed by atoms with Crippen molar-refractivity contribution in [3.8, 4) is 0 Å². The highest BCUT2D eigenvalue weighted by atomic mass is 16.6. The quantitative estimate of drug-likeness (QED) is 0.0263. The van der Waals surface area contributed by atoms with Crippen LogP contribution in [0.15, 0.2) is 48.6 Å². The first-order valence-corrected chi connectivity index (χ1v) is 26.1. The Balaban J connectivity index is 4.42. The van der Waals surface area contributed by atoms with E-state index in [9.17, 15) is 14.4 Å². The molecule has 6 heteroatoms. The summed E-state index contributed by atoms with van der Waals surface area (Å²) in [7, 11) is 0. The van der Waals surface area contributed by atoms with E-state index in [-0.39, 0.29) is 31.1 Å². The zero-order valence-corrected chi connectivity index (χ0v) is 40.4. The first-order chi connectivity index (χ1) is 30.0. The highest BCUT2D eigenvalue weighted by Crippen LogP contribution is 2.14. The molecule has 0 spiro atoms. The van der Waals surface area contributed by atoms with Crippen LogP contribution in [-0.4, -0.2) is 37.2 Å². The van der Waals surface area contributed by atoms with Crippen LogP contribution >= 0.6 is 0 Å². The van der Waals surface area contributed by atoms with Crippen molar-refractivity contribution < 1.29 is 28.6 Å². The molecule has 0 bridgehead atoms. The van der Waals surface area contributed by atoms with E-state index >= 15 is 0 Å². The predicted octanol–water partition coefficient (Wildman–Crippen LogP) is 17.1. The highest BCUT2D eigenvalue weighted by Gasteiger charge is 2.19. The van der Waals surface area contributed by atoms with Gasteiger partial charge in [0.2, 0.25) is 0 Å². The molecular weight excluding hydrogens is 757 g/mol. The van der Waals surface area contributed by atoms with Crippen molar-refractivity contribution in [3.63, 3.8) is 0 Å². The lowest BCUT2D eigenvalue weighted by Gasteiger charge is -2.18. The fraction of sp³-hybridized carbons (Fsp3) is 0.800. The first kappa shape index (κ1) is 58.4. The summed E-state index contributed by atoms with van der Waals surface area (Å²) in [6, 6.07) is 0. The van der Waals surface area contributed by atoms with Crippen LogP contribution in [0.3, 0.4) is 0 Å². The molecule has 0 aromatic carbocycles. The summed E-state index contributed by atoms with van der Waals surface area (Å²) < 4.78 is 16.8. The number of carbonyl (C=O) groups excluding carboxylic acids is 3. The molecule has 0 saturated carbocycles. The van der Waals surface area contributed by atoms with Gasteiger partial charge in [0.1, 0.15) is 13.2 Å². The van der Waals surface area contributed by atoms with Crippen molar-refractivity contribution in [2.75, 3.05) is 13.2 Å². The summed E-state index contributed by atoms with van der Waals surface area (Å²) >= 11 is 0. The minimum absolute atomic E-state index is 0.0850. The Kier molecular flexibility index (Phi) is 47.9. The summed E-state index contributed by atoms with van der Waals surface area (Å²) in [5.41, 5.74) is 0. The normalized spacial score (nSPS) is 12.4. The van der Waals surface area contributed by atoms with Crippen LogP contribution in [0.2, 0.25) is 0 Å². The smallest absolute Gasteiger partial charge is 0.306 e. The third-order valence-corrected chi connectivity index (χ3v) is 11.3. The molecule has 61 heavy (non-hydrogen) atoms. The largest absolute Gasteiger partial charge is 0.462 e. The molecular formula is C55H98O6. The van der Waals surface area contributed by atoms with Gasteiger partial charge in [-0.3, -0.25) is 14.4 Å². The molecule has 0 heterocycles. The average Bonchev–Trinajstić information content (AvgIpc) is 3.26. The van der Waals surface area contributed by atoms with Gasteiger partial charge in [0, 0.05) is 19.3 Å². The molecule has 0 N–H and O–H groups in total. The third kappa shape index (κ3) is 48.3. The standard InChI is InChI=1S/C55H98O6/c1-4-7-10-13-16-19-22-25-27-30-33-36-39-42-45-48-54(57)60-51-52(50-59-53(56)47-44-41-38-35-32-29-24-21-18-15-12-9-6-3)61-55(58)49-46-43-40-37-34-31-28-26-23-20-17-14-11-8-5-2/h17,20-21,24-28,52H,4-16,18-19,22-23,29-51H2,1-3H3. The topological polar surface area (TPSA) is 78.9 Å². The Labute approximate surface area is 378 Å². The second-order valence-corrected chi connectivity index (χ2v) is 17.4. The van der Waals surface area contributed by atoms with Gasteiger partial charge in [0.05, 0.1) is 0 Å². The number of unbranched alkanes of at least 4 members (excludes halogenated alkanes) is 28. The Morgan fingerprint density at radius 2 is 0.590 bits per heavy atom. The minimum atomic E-state index is -0.785. The van der Waals surface area contributed by atoms with Gasteiger partial charge in [-0.15, -0.1) is 0 Å². The molecule has 0 aliphatic rings. The van der Waals surface area contributed by atoms with E-state index in [1.54, 1.807) is 0 Å². The number of hydrogen-bond donors (Lipinski definition) is 0. The molecule has 0 rings (SSSR count). The summed E-state index contributed by atoms with van der Waals surface area (Å²) in [4.78, 5) is 38.0. The Morgan fingerprint density at radius 1 is 0.328 bits per heavy atom. The SMILES string of the molecule is CCCCCC=CCC=CCCCCCCCC(=O)OC(COC(=O)CCCCCCCC=CCCCCCC)COC(=O)CCCCCCCC=CCCCCCCCC. The summed E-state index contributed by atoms with van der Waals surface area (Å²) in [5, 5.41) is 0. The van der Waals surface area contributed by atoms with Gasteiger partial charge in [-0.05, 0) is 103 Å². The minimum Gasteiger partial charge on any atom is -0.462 e. The monoisotopic (exact) mass is 855 g/mol. The molecule has 0 radical (unpaired) electrons. The maximum absolute atomic E-state index is 12.8. The number of carbonyl (C=O) groups is 3. The van der Waals surface area contributed by atoms with Crippen molar-refractivity contribution in [1.29, 1.82) is 0 Å². The number of esters is 3. The lowest BCUT2D eigenvalue weighted by Crippen LogP contribution is -2.30. The van der Waals surface area contributed by atoms with Crippen molar-refractivity contribution in [2.45, 2.75) is 271 Å². The van der Waals surface area contributed by atoms with E-state index < -0.39 is 6.10 Å². The number of ether oxygens (including phenoxy) is 3. The third-order valence-electron chi connectivity index (χ3n) is 11.3. The van der Waals surface area contributed by atoms with Gasteiger partial charge >= 0.3 is 17.9 Å². The van der Waals surface area contributed by atoms with E-state index in [0.717, 1.165) is 96.3 Å². The van der Waals surface area contributed by atoms with Gasteiger partial charge < -0.3 is 14.2 Å². The van der Waals surface area contributed by atoms with Crippen molar-refractivity contribution in [3.05, 3.63) is 48.6 Å². The van der Waals surface area contributed by atoms with Gasteiger partial charge in [0.15, 0.2) is 6.10 Å². The van der Waals surface area contributed by atoms with Crippen molar-refractivity contribution in [1.82, 2.24) is 0 Å². The lowest BCUT2D eigenvalue weighted by atomic mass is 10.1. The molecule has 0 aromatic rings. The maximum atomic E-state index is 12.8. The molecule has 0 aliphatic heterocycles.